The van der Waals surface area contributed by atoms with Crippen LogP contribution in [0.1, 0.15) is 19.8 Å². The van der Waals surface area contributed by atoms with E-state index in [4.69, 9.17) is 5.11 Å². The van der Waals surface area contributed by atoms with Gasteiger partial charge in [-0.3, -0.25) is 19.3 Å². The lowest BCUT2D eigenvalue weighted by molar-refractivity contribution is -0.142. The Bertz CT molecular complexity index is 289. The van der Waals surface area contributed by atoms with Crippen molar-refractivity contribution >= 4 is 29.5 Å². The highest BCUT2D eigenvalue weighted by Crippen LogP contribution is 2.15. The molecule has 1 aliphatic rings. The topological polar surface area (TPSA) is 74.7 Å². The van der Waals surface area contributed by atoms with Crippen LogP contribution in [0.25, 0.3) is 0 Å². The molecule has 0 radical (unpaired) electrons. The monoisotopic (exact) mass is 245 g/mol. The van der Waals surface area contributed by atoms with E-state index in [2.05, 4.69) is 0 Å². The molecule has 5 nitrogen and oxygen atoms in total. The molecule has 1 atom stereocenters. The zero-order valence-electron chi connectivity index (χ0n) is 9.14. The second-order valence-corrected chi connectivity index (χ2v) is 4.91. The van der Waals surface area contributed by atoms with Crippen LogP contribution in [-0.2, 0) is 14.4 Å². The molecule has 1 saturated heterocycles. The van der Waals surface area contributed by atoms with Crippen LogP contribution in [0.4, 0.5) is 0 Å². The van der Waals surface area contributed by atoms with Gasteiger partial charge in [0.2, 0.25) is 11.8 Å². The van der Waals surface area contributed by atoms with E-state index in [9.17, 15) is 14.4 Å². The van der Waals surface area contributed by atoms with Gasteiger partial charge in [-0.1, -0.05) is 6.92 Å². The zero-order chi connectivity index (χ0) is 12.1. The van der Waals surface area contributed by atoms with Crippen LogP contribution in [-0.4, -0.2) is 45.8 Å². The van der Waals surface area contributed by atoms with Crippen LogP contribution in [0.5, 0.6) is 0 Å². The van der Waals surface area contributed by atoms with Crippen molar-refractivity contribution in [2.24, 2.45) is 5.92 Å². The lowest BCUT2D eigenvalue weighted by Gasteiger charge is -2.27. The number of imide groups is 1. The molecular weight excluding hydrogens is 230 g/mol. The van der Waals surface area contributed by atoms with E-state index >= 15 is 0 Å². The summed E-state index contributed by atoms with van der Waals surface area (Å²) in [5, 5.41) is 8.52. The van der Waals surface area contributed by atoms with Crippen molar-refractivity contribution in [1.29, 1.82) is 0 Å². The van der Waals surface area contributed by atoms with E-state index in [-0.39, 0.29) is 24.2 Å². The van der Waals surface area contributed by atoms with Crippen molar-refractivity contribution < 1.29 is 19.5 Å². The fraction of sp³-hybridized carbons (Fsp3) is 0.700. The average Bonchev–Trinajstić information content (AvgIpc) is 2.21. The Kier molecular flexibility index (Phi) is 4.79. The van der Waals surface area contributed by atoms with Crippen LogP contribution >= 0.6 is 11.8 Å². The maximum atomic E-state index is 11.4. The van der Waals surface area contributed by atoms with Crippen molar-refractivity contribution in [2.45, 2.75) is 19.8 Å². The highest BCUT2D eigenvalue weighted by atomic mass is 32.2. The fourth-order valence-corrected chi connectivity index (χ4v) is 2.26. The van der Waals surface area contributed by atoms with Gasteiger partial charge in [0, 0.05) is 13.0 Å². The molecule has 0 bridgehead atoms. The maximum absolute atomic E-state index is 11.4. The minimum atomic E-state index is -0.848. The van der Waals surface area contributed by atoms with Crippen LogP contribution in [0, 0.1) is 5.92 Å². The molecule has 16 heavy (non-hydrogen) atoms. The number of hydrogen-bond donors (Lipinski definition) is 1. The van der Waals surface area contributed by atoms with Crippen molar-refractivity contribution in [3.8, 4) is 0 Å². The number of nitrogens with zero attached hydrogens (tertiary/aromatic N) is 1. The Morgan fingerprint density at radius 1 is 1.44 bits per heavy atom. The molecule has 1 rings (SSSR count). The third kappa shape index (κ3) is 3.84. The van der Waals surface area contributed by atoms with Gasteiger partial charge in [-0.05, 0) is 12.3 Å². The van der Waals surface area contributed by atoms with E-state index in [1.54, 1.807) is 0 Å². The minimum Gasteiger partial charge on any atom is -0.481 e. The Hall–Kier alpha value is -1.04. The second-order valence-electron chi connectivity index (χ2n) is 3.93. The van der Waals surface area contributed by atoms with Gasteiger partial charge in [-0.2, -0.15) is 0 Å². The van der Waals surface area contributed by atoms with Crippen molar-refractivity contribution in [2.75, 3.05) is 18.1 Å². The molecule has 6 heteroatoms. The number of carboxylic acids is 1. The van der Waals surface area contributed by atoms with Crippen molar-refractivity contribution in [1.82, 2.24) is 4.90 Å². The van der Waals surface area contributed by atoms with Crippen molar-refractivity contribution in [3.05, 3.63) is 0 Å². The van der Waals surface area contributed by atoms with Gasteiger partial charge in [0.1, 0.15) is 0 Å². The number of carbonyl (C=O) groups excluding carboxylic acids is 2. The third-order valence-corrected chi connectivity index (χ3v) is 3.30. The summed E-state index contributed by atoms with van der Waals surface area (Å²) in [4.78, 5) is 34.5. The molecule has 2 amide bonds. The Morgan fingerprint density at radius 3 is 2.50 bits per heavy atom. The zero-order valence-corrected chi connectivity index (χ0v) is 9.96. The molecule has 0 spiro atoms. The number of aliphatic carboxylic acids is 1. The summed E-state index contributed by atoms with van der Waals surface area (Å²) in [5.41, 5.74) is 0. The number of amides is 2. The molecule has 0 aliphatic carbocycles. The second kappa shape index (κ2) is 5.89. The highest BCUT2D eigenvalue weighted by molar-refractivity contribution is 8.00. The number of carbonyl (C=O) groups is 3. The molecule has 0 saturated carbocycles. The predicted molar refractivity (Wildman–Crippen MR) is 60.1 cm³/mol. The Labute approximate surface area is 98.2 Å². The van der Waals surface area contributed by atoms with Crippen LogP contribution in [0.3, 0.4) is 0 Å². The molecule has 1 fully saturated rings. The molecule has 0 aromatic carbocycles. The van der Waals surface area contributed by atoms with E-state index in [1.807, 2.05) is 6.92 Å². The molecule has 1 unspecified atom stereocenters. The van der Waals surface area contributed by atoms with Gasteiger partial charge >= 0.3 is 5.97 Å². The van der Waals surface area contributed by atoms with Gasteiger partial charge in [-0.25, -0.2) is 0 Å². The first kappa shape index (κ1) is 13.0. The molecule has 0 aromatic heterocycles. The number of carboxylic acid groups (broad SMARTS) is 1. The summed E-state index contributed by atoms with van der Waals surface area (Å²) in [6.45, 7) is 2.19. The van der Waals surface area contributed by atoms with Crippen molar-refractivity contribution in [3.63, 3.8) is 0 Å². The lowest BCUT2D eigenvalue weighted by Crippen LogP contribution is -2.45. The van der Waals surface area contributed by atoms with Gasteiger partial charge in [0.15, 0.2) is 0 Å². The molecule has 1 aliphatic heterocycles. The SMILES string of the molecule is CC(CCC(=O)O)CN1C(=O)CSCC1=O. The molecular formula is C10H15NO4S. The van der Waals surface area contributed by atoms with Crippen LogP contribution < -0.4 is 0 Å². The molecule has 0 aromatic rings. The third-order valence-electron chi connectivity index (χ3n) is 2.40. The van der Waals surface area contributed by atoms with E-state index in [1.165, 1.54) is 16.7 Å². The first-order valence-corrected chi connectivity index (χ1v) is 6.29. The number of rotatable bonds is 5. The van der Waals surface area contributed by atoms with Gasteiger partial charge < -0.3 is 5.11 Å². The largest absolute Gasteiger partial charge is 0.481 e. The summed E-state index contributed by atoms with van der Waals surface area (Å²) in [6, 6.07) is 0. The minimum absolute atomic E-state index is 0.0344. The average molecular weight is 245 g/mol. The smallest absolute Gasteiger partial charge is 0.303 e. The van der Waals surface area contributed by atoms with Crippen LogP contribution in [0.15, 0.2) is 0 Å². The highest BCUT2D eigenvalue weighted by Gasteiger charge is 2.27. The van der Waals surface area contributed by atoms with E-state index in [0.717, 1.165) is 0 Å². The van der Waals surface area contributed by atoms with Gasteiger partial charge in [-0.15, -0.1) is 11.8 Å². The maximum Gasteiger partial charge on any atom is 0.303 e. The fourth-order valence-electron chi connectivity index (χ4n) is 1.50. The summed E-state index contributed by atoms with van der Waals surface area (Å²) >= 11 is 1.33. The standard InChI is InChI=1S/C10H15NO4S/c1-7(2-3-10(14)15)4-11-8(12)5-16-6-9(11)13/h7H,2-6H2,1H3,(H,14,15). The molecule has 1 N–H and O–H groups in total. The normalized spacial score (nSPS) is 18.7. The van der Waals surface area contributed by atoms with E-state index < -0.39 is 5.97 Å². The molecule has 1 heterocycles. The van der Waals surface area contributed by atoms with Gasteiger partial charge in [0.25, 0.3) is 0 Å². The summed E-state index contributed by atoms with van der Waals surface area (Å²) in [7, 11) is 0. The summed E-state index contributed by atoms with van der Waals surface area (Å²) in [6.07, 6.45) is 0.561. The summed E-state index contributed by atoms with van der Waals surface area (Å²) in [5.74, 6) is -0.452. The Morgan fingerprint density at radius 2 is 2.00 bits per heavy atom. The first-order chi connectivity index (χ1) is 7.50. The number of thioether (sulfide) groups is 1. The quantitative estimate of drug-likeness (QED) is 0.717. The number of hydrogen-bond acceptors (Lipinski definition) is 4. The summed E-state index contributed by atoms with van der Waals surface area (Å²) < 4.78 is 0. The van der Waals surface area contributed by atoms with E-state index in [0.29, 0.717) is 24.5 Å². The first-order valence-electron chi connectivity index (χ1n) is 5.13. The Balaban J connectivity index is 2.42. The van der Waals surface area contributed by atoms with Gasteiger partial charge in [0.05, 0.1) is 11.5 Å². The van der Waals surface area contributed by atoms with Crippen LogP contribution in [0.2, 0.25) is 0 Å². The lowest BCUT2D eigenvalue weighted by atomic mass is 10.1. The molecule has 90 valence electrons. The predicted octanol–water partition coefficient (Wildman–Crippen LogP) is 0.589.